The van der Waals surface area contributed by atoms with Gasteiger partial charge in [-0.25, -0.2) is 0 Å². The number of hydrogen-bond donors (Lipinski definition) is 1. The predicted octanol–water partition coefficient (Wildman–Crippen LogP) is 3.14. The second-order valence-corrected chi connectivity index (χ2v) is 6.40. The van der Waals surface area contributed by atoms with Crippen LogP contribution in [-0.4, -0.2) is 27.6 Å². The summed E-state index contributed by atoms with van der Waals surface area (Å²) in [6, 6.07) is 16.2. The summed E-state index contributed by atoms with van der Waals surface area (Å²) < 4.78 is 0. The Morgan fingerprint density at radius 2 is 1.70 bits per heavy atom. The van der Waals surface area contributed by atoms with Gasteiger partial charge in [-0.3, -0.25) is 24.3 Å². The van der Waals surface area contributed by atoms with Crippen molar-refractivity contribution >= 4 is 34.3 Å². The van der Waals surface area contributed by atoms with Crippen molar-refractivity contribution in [1.29, 1.82) is 0 Å². The minimum absolute atomic E-state index is 0.137. The summed E-state index contributed by atoms with van der Waals surface area (Å²) in [5.41, 5.74) is 2.80. The largest absolute Gasteiger partial charge is 0.322 e. The van der Waals surface area contributed by atoms with Crippen molar-refractivity contribution in [1.82, 2.24) is 9.88 Å². The molecule has 0 saturated carbocycles. The molecule has 134 valence electrons. The van der Waals surface area contributed by atoms with E-state index in [-0.39, 0.29) is 37.1 Å². The molecule has 4 rings (SSSR count). The fourth-order valence-electron chi connectivity index (χ4n) is 3.18. The number of carbonyl (C=O) groups is 3. The Kier molecular flexibility index (Phi) is 4.38. The first kappa shape index (κ1) is 16.9. The lowest BCUT2D eigenvalue weighted by Gasteiger charge is -2.14. The maximum Gasteiger partial charge on any atom is 0.256 e. The number of amides is 3. The van der Waals surface area contributed by atoms with Crippen molar-refractivity contribution < 1.29 is 14.4 Å². The number of aromatic nitrogens is 1. The average molecular weight is 359 g/mol. The molecule has 1 N–H and O–H groups in total. The fraction of sp³-hybridized carbons (Fsp3) is 0.143. The minimum Gasteiger partial charge on any atom is -0.322 e. The molecule has 1 aliphatic heterocycles. The van der Waals surface area contributed by atoms with Crippen LogP contribution in [0.25, 0.3) is 10.9 Å². The van der Waals surface area contributed by atoms with Crippen LogP contribution in [0.3, 0.4) is 0 Å². The molecule has 1 aliphatic rings. The zero-order valence-corrected chi connectivity index (χ0v) is 14.5. The van der Waals surface area contributed by atoms with Gasteiger partial charge in [0.1, 0.15) is 0 Å². The van der Waals surface area contributed by atoms with E-state index in [1.807, 2.05) is 12.1 Å². The van der Waals surface area contributed by atoms with Gasteiger partial charge in [0.25, 0.3) is 5.91 Å². The lowest BCUT2D eigenvalue weighted by Crippen LogP contribution is -2.28. The first-order valence-electron chi connectivity index (χ1n) is 8.69. The van der Waals surface area contributed by atoms with Crippen LogP contribution in [0.15, 0.2) is 60.8 Å². The van der Waals surface area contributed by atoms with Gasteiger partial charge in [-0.1, -0.05) is 24.3 Å². The van der Waals surface area contributed by atoms with E-state index < -0.39 is 0 Å². The molecule has 6 nitrogen and oxygen atoms in total. The van der Waals surface area contributed by atoms with E-state index in [9.17, 15) is 14.4 Å². The highest BCUT2D eigenvalue weighted by Gasteiger charge is 2.28. The Morgan fingerprint density at radius 3 is 2.44 bits per heavy atom. The molecule has 2 aromatic carbocycles. The van der Waals surface area contributed by atoms with Crippen molar-refractivity contribution in [3.8, 4) is 0 Å². The summed E-state index contributed by atoms with van der Waals surface area (Å²) in [6.45, 7) is 0.265. The van der Waals surface area contributed by atoms with Gasteiger partial charge in [0.2, 0.25) is 11.8 Å². The van der Waals surface area contributed by atoms with Crippen molar-refractivity contribution in [3.63, 3.8) is 0 Å². The molecule has 0 radical (unpaired) electrons. The number of likely N-dealkylation sites (tertiary alicyclic amines) is 1. The normalized spacial score (nSPS) is 14.0. The Bertz CT molecular complexity index is 1020. The van der Waals surface area contributed by atoms with Gasteiger partial charge >= 0.3 is 0 Å². The van der Waals surface area contributed by atoms with Gasteiger partial charge in [-0.15, -0.1) is 0 Å². The molecule has 27 heavy (non-hydrogen) atoms. The molecule has 6 heteroatoms. The van der Waals surface area contributed by atoms with Gasteiger partial charge in [-0.2, -0.15) is 0 Å². The third-order valence-corrected chi connectivity index (χ3v) is 4.60. The Morgan fingerprint density at radius 1 is 0.963 bits per heavy atom. The topological polar surface area (TPSA) is 79.4 Å². The summed E-state index contributed by atoms with van der Waals surface area (Å²) in [5.74, 6) is -0.491. The van der Waals surface area contributed by atoms with E-state index in [2.05, 4.69) is 10.3 Å². The molecule has 2 heterocycles. The molecular formula is C21H17N3O3. The number of anilines is 1. The van der Waals surface area contributed by atoms with E-state index in [0.717, 1.165) is 16.5 Å². The van der Waals surface area contributed by atoms with Gasteiger partial charge in [0.05, 0.1) is 12.1 Å². The van der Waals surface area contributed by atoms with Crippen LogP contribution >= 0.6 is 0 Å². The van der Waals surface area contributed by atoms with E-state index >= 15 is 0 Å². The molecule has 1 aromatic heterocycles. The van der Waals surface area contributed by atoms with Crippen molar-refractivity contribution in [2.75, 3.05) is 5.32 Å². The highest BCUT2D eigenvalue weighted by atomic mass is 16.2. The van der Waals surface area contributed by atoms with Crippen LogP contribution in [0, 0.1) is 0 Å². The van der Waals surface area contributed by atoms with Gasteiger partial charge in [0.15, 0.2) is 0 Å². The molecular weight excluding hydrogens is 342 g/mol. The van der Waals surface area contributed by atoms with Crippen LogP contribution in [0.2, 0.25) is 0 Å². The van der Waals surface area contributed by atoms with Crippen LogP contribution in [-0.2, 0) is 16.1 Å². The van der Waals surface area contributed by atoms with Gasteiger partial charge < -0.3 is 5.32 Å². The fourth-order valence-corrected chi connectivity index (χ4v) is 3.18. The van der Waals surface area contributed by atoms with Crippen molar-refractivity contribution in [2.45, 2.75) is 19.4 Å². The third-order valence-electron chi connectivity index (χ3n) is 4.60. The van der Waals surface area contributed by atoms with E-state index in [4.69, 9.17) is 0 Å². The second kappa shape index (κ2) is 6.99. The Hall–Kier alpha value is -3.54. The average Bonchev–Trinajstić information content (AvgIpc) is 3.01. The number of carbonyl (C=O) groups excluding carboxylic acids is 3. The maximum absolute atomic E-state index is 12.6. The van der Waals surface area contributed by atoms with E-state index in [1.54, 1.807) is 48.7 Å². The molecule has 1 saturated heterocycles. The smallest absolute Gasteiger partial charge is 0.256 e. The maximum atomic E-state index is 12.6. The lowest BCUT2D eigenvalue weighted by atomic mass is 10.1. The SMILES string of the molecule is O=C(Nc1ccc(CN2C(=O)CCC2=O)cc1)c1cccc2ncccc12. The van der Waals surface area contributed by atoms with Crippen LogP contribution in [0.4, 0.5) is 5.69 Å². The van der Waals surface area contributed by atoms with Crippen molar-refractivity contribution in [2.24, 2.45) is 0 Å². The summed E-state index contributed by atoms with van der Waals surface area (Å²) >= 11 is 0. The molecule has 3 aromatic rings. The van der Waals surface area contributed by atoms with Gasteiger partial charge in [-0.05, 0) is 35.9 Å². The quantitative estimate of drug-likeness (QED) is 0.726. The number of imide groups is 1. The summed E-state index contributed by atoms with van der Waals surface area (Å²) in [6.07, 6.45) is 2.26. The number of pyridine rings is 1. The molecule has 1 fully saturated rings. The number of hydrogen-bond acceptors (Lipinski definition) is 4. The zero-order valence-electron chi connectivity index (χ0n) is 14.5. The van der Waals surface area contributed by atoms with Crippen molar-refractivity contribution in [3.05, 3.63) is 71.9 Å². The van der Waals surface area contributed by atoms with Crippen LogP contribution < -0.4 is 5.32 Å². The highest BCUT2D eigenvalue weighted by molar-refractivity contribution is 6.12. The number of rotatable bonds is 4. The molecule has 0 spiro atoms. The number of benzene rings is 2. The second-order valence-electron chi connectivity index (χ2n) is 6.40. The molecule has 3 amide bonds. The number of nitrogens with one attached hydrogen (secondary N) is 1. The standard InChI is InChI=1S/C21H17N3O3/c25-19-10-11-20(26)24(19)13-14-6-8-15(9-7-14)23-21(27)17-3-1-5-18-16(17)4-2-12-22-18/h1-9,12H,10-11,13H2,(H,23,27). The van der Waals surface area contributed by atoms with Crippen LogP contribution in [0.1, 0.15) is 28.8 Å². The monoisotopic (exact) mass is 359 g/mol. The first-order chi connectivity index (χ1) is 13.1. The number of fused-ring (bicyclic) bond motifs is 1. The Labute approximate surface area is 155 Å². The Balaban J connectivity index is 1.49. The summed E-state index contributed by atoms with van der Waals surface area (Å²) in [7, 11) is 0. The number of nitrogens with zero attached hydrogens (tertiary/aromatic N) is 2. The van der Waals surface area contributed by atoms with Gasteiger partial charge in [0, 0.05) is 35.7 Å². The van der Waals surface area contributed by atoms with Crippen LogP contribution in [0.5, 0.6) is 0 Å². The zero-order chi connectivity index (χ0) is 18.8. The van der Waals surface area contributed by atoms with E-state index in [1.165, 1.54) is 4.90 Å². The minimum atomic E-state index is -0.216. The summed E-state index contributed by atoms with van der Waals surface area (Å²) in [4.78, 5) is 41.6. The molecule has 0 unspecified atom stereocenters. The summed E-state index contributed by atoms with van der Waals surface area (Å²) in [5, 5.41) is 3.67. The predicted molar refractivity (Wildman–Crippen MR) is 101 cm³/mol. The molecule has 0 aliphatic carbocycles. The highest BCUT2D eigenvalue weighted by Crippen LogP contribution is 2.20. The molecule has 0 atom stereocenters. The molecule has 0 bridgehead atoms. The first-order valence-corrected chi connectivity index (χ1v) is 8.69. The van der Waals surface area contributed by atoms with E-state index in [0.29, 0.717) is 11.3 Å². The lowest BCUT2D eigenvalue weighted by molar-refractivity contribution is -0.139. The third kappa shape index (κ3) is 3.42.